The Hall–Kier alpha value is -2.33. The van der Waals surface area contributed by atoms with Crippen LogP contribution in [0, 0.1) is 0 Å². The molecule has 116 valence electrons. The molecular weight excluding hydrogens is 276 g/mol. The van der Waals surface area contributed by atoms with Crippen LogP contribution in [0.4, 0.5) is 0 Å². The predicted octanol–water partition coefficient (Wildman–Crippen LogP) is 3.09. The van der Waals surface area contributed by atoms with Crippen LogP contribution >= 0.6 is 0 Å². The zero-order valence-electron chi connectivity index (χ0n) is 13.0. The maximum atomic E-state index is 11.6. The summed E-state index contributed by atoms with van der Waals surface area (Å²) < 4.78 is 5.79. The highest BCUT2D eigenvalue weighted by Crippen LogP contribution is 2.21. The van der Waals surface area contributed by atoms with Gasteiger partial charge in [0.1, 0.15) is 11.5 Å². The molecule has 0 saturated heterocycles. The van der Waals surface area contributed by atoms with E-state index in [9.17, 15) is 4.79 Å². The van der Waals surface area contributed by atoms with Gasteiger partial charge in [0.2, 0.25) is 5.91 Å². The van der Waals surface area contributed by atoms with Crippen molar-refractivity contribution in [3.63, 3.8) is 0 Å². The van der Waals surface area contributed by atoms with Gasteiger partial charge in [0.15, 0.2) is 0 Å². The van der Waals surface area contributed by atoms with Gasteiger partial charge in [0, 0.05) is 12.6 Å². The van der Waals surface area contributed by atoms with E-state index in [2.05, 4.69) is 10.6 Å². The number of benzene rings is 2. The third kappa shape index (κ3) is 5.58. The van der Waals surface area contributed by atoms with Crippen molar-refractivity contribution in [2.24, 2.45) is 0 Å². The van der Waals surface area contributed by atoms with Crippen molar-refractivity contribution >= 4 is 5.91 Å². The van der Waals surface area contributed by atoms with E-state index in [1.54, 1.807) is 0 Å². The molecule has 0 aliphatic carbocycles. The summed E-state index contributed by atoms with van der Waals surface area (Å²) in [5.74, 6) is 1.60. The van der Waals surface area contributed by atoms with Gasteiger partial charge in [-0.25, -0.2) is 0 Å². The van der Waals surface area contributed by atoms with Gasteiger partial charge in [-0.3, -0.25) is 4.79 Å². The van der Waals surface area contributed by atoms with Crippen LogP contribution in [0.3, 0.4) is 0 Å². The third-order valence-electron chi connectivity index (χ3n) is 2.94. The molecule has 0 heterocycles. The molecule has 0 unspecified atom stereocenters. The lowest BCUT2D eigenvalue weighted by molar-refractivity contribution is -0.120. The topological polar surface area (TPSA) is 50.4 Å². The summed E-state index contributed by atoms with van der Waals surface area (Å²) in [7, 11) is 0. The van der Waals surface area contributed by atoms with E-state index in [-0.39, 0.29) is 11.9 Å². The van der Waals surface area contributed by atoms with Gasteiger partial charge in [-0.15, -0.1) is 0 Å². The van der Waals surface area contributed by atoms with Crippen molar-refractivity contribution in [3.05, 3.63) is 60.2 Å². The highest BCUT2D eigenvalue weighted by atomic mass is 16.5. The Labute approximate surface area is 131 Å². The summed E-state index contributed by atoms with van der Waals surface area (Å²) in [6.07, 6.45) is 0. The smallest absolute Gasteiger partial charge is 0.234 e. The molecule has 4 nitrogen and oxygen atoms in total. The number of nitrogens with one attached hydrogen (secondary N) is 2. The average molecular weight is 298 g/mol. The molecule has 0 atom stereocenters. The standard InChI is InChI=1S/C18H22N2O2/c1-14(2)20-18(21)13-19-12-15-7-6-10-17(11-15)22-16-8-4-3-5-9-16/h3-11,14,19H,12-13H2,1-2H3,(H,20,21). The Morgan fingerprint density at radius 2 is 1.77 bits per heavy atom. The van der Waals surface area contributed by atoms with Gasteiger partial charge in [-0.05, 0) is 43.7 Å². The van der Waals surface area contributed by atoms with E-state index < -0.39 is 0 Å². The maximum absolute atomic E-state index is 11.6. The normalized spacial score (nSPS) is 10.5. The molecule has 0 saturated carbocycles. The molecular formula is C18H22N2O2. The Morgan fingerprint density at radius 3 is 2.50 bits per heavy atom. The van der Waals surface area contributed by atoms with E-state index >= 15 is 0 Å². The van der Waals surface area contributed by atoms with Crippen molar-refractivity contribution in [1.82, 2.24) is 10.6 Å². The average Bonchev–Trinajstić information content (AvgIpc) is 2.48. The van der Waals surface area contributed by atoms with Gasteiger partial charge in [0.05, 0.1) is 6.54 Å². The van der Waals surface area contributed by atoms with Crippen LogP contribution < -0.4 is 15.4 Å². The minimum absolute atomic E-state index is 0.00619. The predicted molar refractivity (Wildman–Crippen MR) is 87.9 cm³/mol. The van der Waals surface area contributed by atoms with E-state index in [4.69, 9.17) is 4.74 Å². The summed E-state index contributed by atoms with van der Waals surface area (Å²) >= 11 is 0. The van der Waals surface area contributed by atoms with Gasteiger partial charge >= 0.3 is 0 Å². The quantitative estimate of drug-likeness (QED) is 0.826. The van der Waals surface area contributed by atoms with E-state index in [1.807, 2.05) is 68.4 Å². The van der Waals surface area contributed by atoms with Crippen LogP contribution in [-0.2, 0) is 11.3 Å². The molecule has 0 bridgehead atoms. The van der Waals surface area contributed by atoms with Crippen LogP contribution in [0.15, 0.2) is 54.6 Å². The molecule has 2 N–H and O–H groups in total. The minimum Gasteiger partial charge on any atom is -0.457 e. The molecule has 0 radical (unpaired) electrons. The first-order valence-corrected chi connectivity index (χ1v) is 7.45. The summed E-state index contributed by atoms with van der Waals surface area (Å²) in [6.45, 7) is 4.82. The first-order chi connectivity index (χ1) is 10.6. The molecule has 22 heavy (non-hydrogen) atoms. The number of carbonyl (C=O) groups excluding carboxylic acids is 1. The third-order valence-corrected chi connectivity index (χ3v) is 2.94. The van der Waals surface area contributed by atoms with E-state index in [1.165, 1.54) is 0 Å². The molecule has 0 aliphatic rings. The molecule has 0 fully saturated rings. The fourth-order valence-electron chi connectivity index (χ4n) is 2.04. The number of carbonyl (C=O) groups is 1. The van der Waals surface area contributed by atoms with Crippen LogP contribution in [0.5, 0.6) is 11.5 Å². The lowest BCUT2D eigenvalue weighted by Crippen LogP contribution is -2.37. The van der Waals surface area contributed by atoms with Crippen molar-refractivity contribution in [2.45, 2.75) is 26.4 Å². The zero-order valence-corrected chi connectivity index (χ0v) is 13.0. The number of hydrogen-bond donors (Lipinski definition) is 2. The number of para-hydroxylation sites is 1. The molecule has 0 spiro atoms. The monoisotopic (exact) mass is 298 g/mol. The van der Waals surface area contributed by atoms with E-state index in [0.29, 0.717) is 13.1 Å². The molecule has 0 aliphatic heterocycles. The molecule has 0 aromatic heterocycles. The van der Waals surface area contributed by atoms with Crippen LogP contribution in [-0.4, -0.2) is 18.5 Å². The second-order valence-electron chi connectivity index (χ2n) is 5.39. The lowest BCUT2D eigenvalue weighted by atomic mass is 10.2. The van der Waals surface area contributed by atoms with Crippen molar-refractivity contribution < 1.29 is 9.53 Å². The van der Waals surface area contributed by atoms with Crippen LogP contribution in [0.25, 0.3) is 0 Å². The summed E-state index contributed by atoms with van der Waals surface area (Å²) in [4.78, 5) is 11.6. The Morgan fingerprint density at radius 1 is 1.05 bits per heavy atom. The van der Waals surface area contributed by atoms with Gasteiger partial charge in [0.25, 0.3) is 0 Å². The number of amides is 1. The Kier molecular flexibility index (Phi) is 5.98. The largest absolute Gasteiger partial charge is 0.457 e. The number of rotatable bonds is 7. The van der Waals surface area contributed by atoms with E-state index in [0.717, 1.165) is 17.1 Å². The lowest BCUT2D eigenvalue weighted by Gasteiger charge is -2.10. The maximum Gasteiger partial charge on any atom is 0.234 e. The molecule has 2 aromatic rings. The van der Waals surface area contributed by atoms with Gasteiger partial charge < -0.3 is 15.4 Å². The van der Waals surface area contributed by atoms with Gasteiger partial charge in [-0.1, -0.05) is 30.3 Å². The molecule has 2 aromatic carbocycles. The second-order valence-corrected chi connectivity index (χ2v) is 5.39. The molecule has 1 amide bonds. The Bertz CT molecular complexity index is 597. The van der Waals surface area contributed by atoms with Crippen molar-refractivity contribution in [3.8, 4) is 11.5 Å². The van der Waals surface area contributed by atoms with Gasteiger partial charge in [-0.2, -0.15) is 0 Å². The first kappa shape index (κ1) is 16.0. The number of ether oxygens (including phenoxy) is 1. The zero-order chi connectivity index (χ0) is 15.8. The highest BCUT2D eigenvalue weighted by molar-refractivity contribution is 5.78. The fraction of sp³-hybridized carbons (Fsp3) is 0.278. The fourth-order valence-corrected chi connectivity index (χ4v) is 2.04. The SMILES string of the molecule is CC(C)NC(=O)CNCc1cccc(Oc2ccccc2)c1. The molecule has 2 rings (SSSR count). The summed E-state index contributed by atoms with van der Waals surface area (Å²) in [5, 5.41) is 5.98. The van der Waals surface area contributed by atoms with Crippen molar-refractivity contribution in [2.75, 3.05) is 6.54 Å². The summed E-state index contributed by atoms with van der Waals surface area (Å²) in [5.41, 5.74) is 1.07. The van der Waals surface area contributed by atoms with Crippen LogP contribution in [0.1, 0.15) is 19.4 Å². The highest BCUT2D eigenvalue weighted by Gasteiger charge is 2.03. The Balaban J connectivity index is 1.85. The molecule has 4 heteroatoms. The first-order valence-electron chi connectivity index (χ1n) is 7.45. The second kappa shape index (κ2) is 8.20. The summed E-state index contributed by atoms with van der Waals surface area (Å²) in [6, 6.07) is 17.7. The number of hydrogen-bond acceptors (Lipinski definition) is 3. The van der Waals surface area contributed by atoms with Crippen LogP contribution in [0.2, 0.25) is 0 Å². The minimum atomic E-state index is 0.00619. The van der Waals surface area contributed by atoms with Crippen molar-refractivity contribution in [1.29, 1.82) is 0 Å².